The lowest BCUT2D eigenvalue weighted by atomic mass is 9.78. The van der Waals surface area contributed by atoms with Crippen molar-refractivity contribution >= 4 is 29.0 Å². The minimum Gasteiger partial charge on any atom is -0.365 e. The lowest BCUT2D eigenvalue weighted by molar-refractivity contribution is 0.0118. The normalized spacial score (nSPS) is 22.5. The van der Waals surface area contributed by atoms with Gasteiger partial charge in [0.05, 0.1) is 11.4 Å². The van der Waals surface area contributed by atoms with E-state index < -0.39 is 43.2 Å². The van der Waals surface area contributed by atoms with Crippen molar-refractivity contribution in [1.82, 2.24) is 20.2 Å². The van der Waals surface area contributed by atoms with Crippen molar-refractivity contribution < 1.29 is 27.2 Å². The third kappa shape index (κ3) is 5.17. The van der Waals surface area contributed by atoms with E-state index >= 15 is 0 Å². The number of pyridine rings is 1. The van der Waals surface area contributed by atoms with Gasteiger partial charge in [-0.05, 0) is 58.4 Å². The number of nitrogens with zero attached hydrogens (tertiary/aromatic N) is 3. The highest BCUT2D eigenvalue weighted by molar-refractivity contribution is 7.17. The maximum Gasteiger partial charge on any atom is 0.280 e. The van der Waals surface area contributed by atoms with Crippen LogP contribution < -0.4 is 10.6 Å². The molecule has 1 aliphatic heterocycles. The summed E-state index contributed by atoms with van der Waals surface area (Å²) in [5.74, 6) is -4.11. The molecule has 1 atom stereocenters. The number of carbonyl (C=O) groups excluding carboxylic acids is 2. The number of nitrogens with one attached hydrogen (secondary N) is 2. The molecule has 0 spiro atoms. The van der Waals surface area contributed by atoms with E-state index in [0.717, 1.165) is 54.8 Å². The van der Waals surface area contributed by atoms with E-state index in [2.05, 4.69) is 20.6 Å². The number of halogens is 4. The molecular weight excluding hydrogens is 510 g/mol. The summed E-state index contributed by atoms with van der Waals surface area (Å²) < 4.78 is 56.6. The van der Waals surface area contributed by atoms with E-state index in [1.54, 1.807) is 0 Å². The van der Waals surface area contributed by atoms with Gasteiger partial charge in [0.25, 0.3) is 24.2 Å². The number of amides is 2. The summed E-state index contributed by atoms with van der Waals surface area (Å²) in [6, 6.07) is 0.470. The Bertz CT molecular complexity index is 1210. The predicted molar refractivity (Wildman–Crippen MR) is 131 cm³/mol. The zero-order valence-electron chi connectivity index (χ0n) is 20.6. The number of aromatic nitrogens is 2. The molecule has 0 aromatic carbocycles. The van der Waals surface area contributed by atoms with Crippen molar-refractivity contribution in [2.24, 2.45) is 0 Å². The molecule has 5 rings (SSSR count). The molecule has 0 radical (unpaired) electrons. The lowest BCUT2D eigenvalue weighted by Crippen LogP contribution is -2.41. The van der Waals surface area contributed by atoms with E-state index in [-0.39, 0.29) is 44.1 Å². The first-order valence-electron chi connectivity index (χ1n) is 12.5. The van der Waals surface area contributed by atoms with Gasteiger partial charge in [-0.2, -0.15) is 0 Å². The molecule has 2 saturated carbocycles. The molecule has 2 aromatic heterocycles. The molecule has 3 aliphatic rings. The average Bonchev–Trinajstić information content (AvgIpc) is 3.34. The average molecular weight is 540 g/mol. The first-order chi connectivity index (χ1) is 17.4. The highest BCUT2D eigenvalue weighted by Crippen LogP contribution is 2.41. The first-order valence-corrected chi connectivity index (χ1v) is 13.3. The number of likely N-dealkylation sites (tertiary alicyclic amines) is 1. The van der Waals surface area contributed by atoms with Gasteiger partial charge in [0, 0.05) is 41.4 Å². The number of hydrogen-bond donors (Lipinski definition) is 2. The van der Waals surface area contributed by atoms with Gasteiger partial charge in [0.15, 0.2) is 5.01 Å². The van der Waals surface area contributed by atoms with E-state index in [1.807, 2.05) is 6.92 Å². The van der Waals surface area contributed by atoms with Gasteiger partial charge in [0.1, 0.15) is 11.5 Å². The second-order valence-corrected chi connectivity index (χ2v) is 11.6. The number of anilines is 1. The summed E-state index contributed by atoms with van der Waals surface area (Å²) in [4.78, 5) is 35.8. The van der Waals surface area contributed by atoms with Gasteiger partial charge >= 0.3 is 0 Å². The van der Waals surface area contributed by atoms with Crippen molar-refractivity contribution in [2.45, 2.75) is 88.8 Å². The van der Waals surface area contributed by atoms with Crippen molar-refractivity contribution in [1.29, 1.82) is 0 Å². The monoisotopic (exact) mass is 539 g/mol. The SMILES string of the molecule is CC1CC(F)(F)CN1C(=O)c1nc(C(=O)NC2CCC2)sc1-c1cnc(NC2(C)CCC2)cc1C(F)F. The molecule has 3 fully saturated rings. The zero-order valence-corrected chi connectivity index (χ0v) is 21.4. The van der Waals surface area contributed by atoms with Crippen molar-refractivity contribution in [2.75, 3.05) is 11.9 Å². The van der Waals surface area contributed by atoms with E-state index in [9.17, 15) is 27.2 Å². The van der Waals surface area contributed by atoms with Crippen LogP contribution in [0.25, 0.3) is 10.4 Å². The van der Waals surface area contributed by atoms with Gasteiger partial charge < -0.3 is 15.5 Å². The molecule has 37 heavy (non-hydrogen) atoms. The summed E-state index contributed by atoms with van der Waals surface area (Å²) in [5, 5.41) is 5.96. The van der Waals surface area contributed by atoms with Gasteiger partial charge in [-0.1, -0.05) is 0 Å². The first kappa shape index (κ1) is 25.9. The maximum absolute atomic E-state index is 14.3. The fraction of sp³-hybridized carbons (Fsp3) is 0.600. The minimum absolute atomic E-state index is 0.00665. The topological polar surface area (TPSA) is 87.2 Å². The van der Waals surface area contributed by atoms with Gasteiger partial charge in [-0.15, -0.1) is 11.3 Å². The second kappa shape index (κ2) is 9.52. The molecule has 2 amide bonds. The smallest absolute Gasteiger partial charge is 0.280 e. The largest absolute Gasteiger partial charge is 0.365 e. The molecule has 2 aromatic rings. The molecule has 1 saturated heterocycles. The van der Waals surface area contributed by atoms with Crippen LogP contribution in [0.4, 0.5) is 23.4 Å². The lowest BCUT2D eigenvalue weighted by Gasteiger charge is -2.39. The molecule has 2 aliphatic carbocycles. The van der Waals surface area contributed by atoms with Gasteiger partial charge in [-0.3, -0.25) is 9.59 Å². The highest BCUT2D eigenvalue weighted by Gasteiger charge is 2.46. The molecule has 1 unspecified atom stereocenters. The number of thiazole rings is 1. The Morgan fingerprint density at radius 1 is 1.22 bits per heavy atom. The number of carbonyl (C=O) groups is 2. The zero-order chi connectivity index (χ0) is 26.5. The van der Waals surface area contributed by atoms with Crippen molar-refractivity contribution in [3.8, 4) is 10.4 Å². The van der Waals surface area contributed by atoms with Crippen LogP contribution in [0.3, 0.4) is 0 Å². The van der Waals surface area contributed by atoms with Crippen LogP contribution in [0, 0.1) is 0 Å². The van der Waals surface area contributed by atoms with Crippen LogP contribution in [-0.2, 0) is 0 Å². The third-order valence-electron chi connectivity index (χ3n) is 7.56. The molecule has 0 bridgehead atoms. The van der Waals surface area contributed by atoms with Crippen molar-refractivity contribution in [3.05, 3.63) is 28.5 Å². The van der Waals surface area contributed by atoms with E-state index in [0.29, 0.717) is 0 Å². The summed E-state index contributed by atoms with van der Waals surface area (Å²) in [5.41, 5.74) is -0.919. The Morgan fingerprint density at radius 2 is 1.95 bits per heavy atom. The van der Waals surface area contributed by atoms with E-state index in [4.69, 9.17) is 0 Å². The summed E-state index contributed by atoms with van der Waals surface area (Å²) in [6.45, 7) is 2.70. The van der Waals surface area contributed by atoms with E-state index in [1.165, 1.54) is 19.2 Å². The van der Waals surface area contributed by atoms with Crippen LogP contribution in [0.5, 0.6) is 0 Å². The van der Waals surface area contributed by atoms with Crippen LogP contribution in [0.2, 0.25) is 0 Å². The third-order valence-corrected chi connectivity index (χ3v) is 8.64. The molecular formula is C25H29F4N5O2S. The number of hydrogen-bond acceptors (Lipinski definition) is 6. The Morgan fingerprint density at radius 3 is 2.49 bits per heavy atom. The van der Waals surface area contributed by atoms with Crippen LogP contribution >= 0.6 is 11.3 Å². The molecule has 7 nitrogen and oxygen atoms in total. The Kier molecular flexibility index (Phi) is 6.66. The standard InChI is InChI=1S/C25H29F4N5O2S/c1-13-10-25(28,29)12-34(13)23(36)18-19(37-22(32-18)21(35)31-14-5-3-6-14)16-11-30-17(9-15(16)20(26)27)33-24(2)7-4-8-24/h9,11,13-14,20H,3-8,10,12H2,1-2H3,(H,30,33)(H,31,35). The number of rotatable bonds is 7. The molecule has 200 valence electrons. The second-order valence-electron chi connectivity index (χ2n) is 10.6. The summed E-state index contributed by atoms with van der Waals surface area (Å²) in [6.07, 6.45) is 3.29. The maximum atomic E-state index is 14.3. The van der Waals surface area contributed by atoms with Crippen LogP contribution in [0.1, 0.15) is 91.1 Å². The Balaban J connectivity index is 1.54. The predicted octanol–water partition coefficient (Wildman–Crippen LogP) is 5.65. The molecule has 2 N–H and O–H groups in total. The fourth-order valence-corrected chi connectivity index (χ4v) is 6.01. The minimum atomic E-state index is -3.06. The quantitative estimate of drug-likeness (QED) is 0.444. The van der Waals surface area contributed by atoms with Gasteiger partial charge in [0.2, 0.25) is 0 Å². The molecule has 3 heterocycles. The van der Waals surface area contributed by atoms with Crippen LogP contribution in [-0.4, -0.2) is 56.8 Å². The Labute approximate surface area is 216 Å². The summed E-state index contributed by atoms with van der Waals surface area (Å²) >= 11 is 0.800. The van der Waals surface area contributed by atoms with Crippen LogP contribution in [0.15, 0.2) is 12.3 Å². The number of alkyl halides is 4. The van der Waals surface area contributed by atoms with Gasteiger partial charge in [-0.25, -0.2) is 27.5 Å². The molecule has 12 heteroatoms. The van der Waals surface area contributed by atoms with Crippen molar-refractivity contribution in [3.63, 3.8) is 0 Å². The Hall–Kier alpha value is -2.76. The highest BCUT2D eigenvalue weighted by atomic mass is 32.1. The summed E-state index contributed by atoms with van der Waals surface area (Å²) in [7, 11) is 0. The fourth-order valence-electron chi connectivity index (χ4n) is 5.02.